The van der Waals surface area contributed by atoms with E-state index in [2.05, 4.69) is 27.7 Å². The van der Waals surface area contributed by atoms with Gasteiger partial charge in [-0.2, -0.15) is 0 Å². The number of hydrogen-bond acceptors (Lipinski definition) is 6. The summed E-state index contributed by atoms with van der Waals surface area (Å²) in [6, 6.07) is 4.11. The van der Waals surface area contributed by atoms with Crippen LogP contribution in [0.1, 0.15) is 39.2 Å². The molecule has 1 saturated heterocycles. The number of nitrogens with zero attached hydrogens (tertiary/aromatic N) is 2. The zero-order chi connectivity index (χ0) is 20.5. The van der Waals surface area contributed by atoms with E-state index in [0.29, 0.717) is 27.9 Å². The molecule has 1 saturated carbocycles. The van der Waals surface area contributed by atoms with Crippen molar-refractivity contribution in [1.29, 1.82) is 0 Å². The Balaban J connectivity index is 1.77. The number of benzene rings is 1. The minimum Gasteiger partial charge on any atom is -0.492 e. The van der Waals surface area contributed by atoms with Crippen LogP contribution in [-0.2, 0) is 0 Å². The molecular formula is C21H26N4O3S. The second kappa shape index (κ2) is 6.34. The van der Waals surface area contributed by atoms with Crippen molar-refractivity contribution in [3.8, 4) is 5.75 Å². The molecule has 2 fully saturated rings. The Morgan fingerprint density at radius 1 is 1.24 bits per heavy atom. The molecule has 1 atom stereocenters. The van der Waals surface area contributed by atoms with E-state index in [1.807, 2.05) is 12.1 Å². The molecule has 0 radical (unpaired) electrons. The molecule has 0 amide bonds. The average Bonchev–Trinajstić information content (AvgIpc) is 3.23. The highest BCUT2D eigenvalue weighted by Crippen LogP contribution is 2.45. The molecule has 29 heavy (non-hydrogen) atoms. The van der Waals surface area contributed by atoms with Gasteiger partial charge in [0.15, 0.2) is 5.75 Å². The van der Waals surface area contributed by atoms with E-state index in [9.17, 15) is 9.59 Å². The molecule has 3 heterocycles. The van der Waals surface area contributed by atoms with E-state index < -0.39 is 0 Å². The molecule has 1 aliphatic carbocycles. The quantitative estimate of drug-likeness (QED) is 0.685. The summed E-state index contributed by atoms with van der Waals surface area (Å²) in [5.74, 6) is 1.11. The van der Waals surface area contributed by atoms with Crippen molar-refractivity contribution in [1.82, 2.24) is 8.94 Å². The van der Waals surface area contributed by atoms with E-state index in [-0.39, 0.29) is 21.9 Å². The number of anilines is 1. The molecule has 1 aromatic carbocycles. The normalized spacial score (nSPS) is 20.1. The molecule has 2 aliphatic rings. The van der Waals surface area contributed by atoms with Crippen molar-refractivity contribution in [3.63, 3.8) is 0 Å². The number of rotatable bonds is 4. The predicted molar refractivity (Wildman–Crippen MR) is 118 cm³/mol. The van der Waals surface area contributed by atoms with Crippen molar-refractivity contribution in [2.45, 2.75) is 44.7 Å². The van der Waals surface area contributed by atoms with Gasteiger partial charge in [-0.1, -0.05) is 0 Å². The second-order valence-corrected chi connectivity index (χ2v) is 9.71. The highest BCUT2D eigenvalue weighted by Gasteiger charge is 2.35. The number of aromatic amines is 1. The van der Waals surface area contributed by atoms with Crippen molar-refractivity contribution in [3.05, 3.63) is 32.7 Å². The average molecular weight is 415 g/mol. The van der Waals surface area contributed by atoms with Gasteiger partial charge >= 0.3 is 0 Å². The highest BCUT2D eigenvalue weighted by molar-refractivity contribution is 7.12. The Hall–Kier alpha value is -2.32. The standard InChI is InChI=1S/C21H26N4O3S/c1-21(2,22)11-8-9-24(10-11)14-7-6-13-16(18(14)28-3)25(12-4-5-12)20-15(17(13)26)19(27)23-29-20/h6-7,11-12H,4-5,8-10,22H2,1-3H3,(H,23,27)/t11-/m0/s1. The van der Waals surface area contributed by atoms with Crippen LogP contribution in [-0.4, -0.2) is 34.7 Å². The molecule has 154 valence electrons. The van der Waals surface area contributed by atoms with Gasteiger partial charge in [0, 0.05) is 24.7 Å². The first-order valence-corrected chi connectivity index (χ1v) is 10.9. The minimum atomic E-state index is -0.304. The monoisotopic (exact) mass is 414 g/mol. The van der Waals surface area contributed by atoms with Crippen molar-refractivity contribution >= 4 is 38.3 Å². The molecule has 0 unspecified atom stereocenters. The zero-order valence-corrected chi connectivity index (χ0v) is 17.8. The lowest BCUT2D eigenvalue weighted by Crippen LogP contribution is -2.42. The van der Waals surface area contributed by atoms with Crippen LogP contribution in [0.4, 0.5) is 5.69 Å². The summed E-state index contributed by atoms with van der Waals surface area (Å²) < 4.78 is 10.8. The third-order valence-corrected chi connectivity index (χ3v) is 7.30. The van der Waals surface area contributed by atoms with Crippen LogP contribution in [0, 0.1) is 5.92 Å². The van der Waals surface area contributed by atoms with Gasteiger partial charge in [-0.05, 0) is 62.7 Å². The number of ether oxygens (including phenoxy) is 1. The summed E-state index contributed by atoms with van der Waals surface area (Å²) in [6.07, 6.45) is 3.11. The number of aromatic nitrogens is 2. The fraction of sp³-hybridized carbons (Fsp3) is 0.524. The first-order valence-electron chi connectivity index (χ1n) is 10.1. The van der Waals surface area contributed by atoms with Crippen molar-refractivity contribution in [2.75, 3.05) is 25.1 Å². The van der Waals surface area contributed by atoms with Gasteiger partial charge in [0.25, 0.3) is 5.56 Å². The Labute approximate surface area is 172 Å². The first kappa shape index (κ1) is 18.7. The fourth-order valence-corrected chi connectivity index (χ4v) is 5.52. The number of hydrogen-bond donors (Lipinski definition) is 2. The smallest absolute Gasteiger partial charge is 0.271 e. The first-order chi connectivity index (χ1) is 13.8. The molecular weight excluding hydrogens is 388 g/mol. The van der Waals surface area contributed by atoms with Gasteiger partial charge in [-0.3, -0.25) is 14.0 Å². The maximum atomic E-state index is 13.1. The topological polar surface area (TPSA) is 93.3 Å². The van der Waals surface area contributed by atoms with E-state index in [1.54, 1.807) is 7.11 Å². The van der Waals surface area contributed by atoms with Gasteiger partial charge < -0.3 is 19.9 Å². The van der Waals surface area contributed by atoms with Crippen LogP contribution in [0.15, 0.2) is 21.7 Å². The molecule has 3 aromatic rings. The van der Waals surface area contributed by atoms with Gasteiger partial charge in [-0.25, -0.2) is 0 Å². The molecule has 7 nitrogen and oxygen atoms in total. The summed E-state index contributed by atoms with van der Waals surface area (Å²) in [5.41, 5.74) is 7.39. The lowest BCUT2D eigenvalue weighted by molar-refractivity contribution is 0.348. The SMILES string of the molecule is COc1c(N2CC[C@H](C(C)(C)N)C2)ccc2c(=O)c3c(=O)[nH]sc3n(C3CC3)c12. The zero-order valence-electron chi connectivity index (χ0n) is 16.9. The summed E-state index contributed by atoms with van der Waals surface area (Å²) in [4.78, 5) is 28.5. The second-order valence-electron chi connectivity index (χ2n) is 8.91. The Morgan fingerprint density at radius 3 is 2.62 bits per heavy atom. The maximum Gasteiger partial charge on any atom is 0.271 e. The van der Waals surface area contributed by atoms with Crippen LogP contribution >= 0.6 is 11.5 Å². The van der Waals surface area contributed by atoms with Crippen LogP contribution in [0.2, 0.25) is 0 Å². The van der Waals surface area contributed by atoms with Gasteiger partial charge in [0.2, 0.25) is 5.43 Å². The molecule has 3 N–H and O–H groups in total. The van der Waals surface area contributed by atoms with Crippen LogP contribution in [0.25, 0.3) is 21.1 Å². The summed E-state index contributed by atoms with van der Waals surface area (Å²) in [7, 11) is 1.66. The number of pyridine rings is 1. The lowest BCUT2D eigenvalue weighted by atomic mass is 9.88. The number of fused-ring (bicyclic) bond motifs is 2. The number of nitrogens with two attached hydrogens (primary N) is 1. The molecule has 8 heteroatoms. The highest BCUT2D eigenvalue weighted by atomic mass is 32.1. The largest absolute Gasteiger partial charge is 0.492 e. The molecule has 1 aliphatic heterocycles. The van der Waals surface area contributed by atoms with Gasteiger partial charge in [-0.15, -0.1) is 0 Å². The lowest BCUT2D eigenvalue weighted by Gasteiger charge is -2.28. The van der Waals surface area contributed by atoms with E-state index in [4.69, 9.17) is 10.5 Å². The molecule has 0 bridgehead atoms. The van der Waals surface area contributed by atoms with Crippen LogP contribution in [0.3, 0.4) is 0 Å². The van der Waals surface area contributed by atoms with Gasteiger partial charge in [0.1, 0.15) is 10.2 Å². The van der Waals surface area contributed by atoms with E-state index in [1.165, 1.54) is 11.5 Å². The summed E-state index contributed by atoms with van der Waals surface area (Å²) in [5, 5.41) is 0.805. The van der Waals surface area contributed by atoms with Crippen molar-refractivity contribution < 1.29 is 4.74 Å². The van der Waals surface area contributed by atoms with Crippen molar-refractivity contribution in [2.24, 2.45) is 11.7 Å². The maximum absolute atomic E-state index is 13.1. The third kappa shape index (κ3) is 2.80. The number of nitrogens with one attached hydrogen (secondary N) is 1. The number of methoxy groups -OCH3 is 1. The van der Waals surface area contributed by atoms with E-state index in [0.717, 1.165) is 43.6 Å². The Bertz CT molecular complexity index is 1230. The summed E-state index contributed by atoms with van der Waals surface area (Å²) >= 11 is 1.24. The minimum absolute atomic E-state index is 0.221. The Morgan fingerprint density at radius 2 is 2.00 bits per heavy atom. The number of H-pyrrole nitrogens is 1. The summed E-state index contributed by atoms with van der Waals surface area (Å²) in [6.45, 7) is 5.92. The molecule has 0 spiro atoms. The Kier molecular flexibility index (Phi) is 4.08. The van der Waals surface area contributed by atoms with Gasteiger partial charge in [0.05, 0.1) is 23.7 Å². The van der Waals surface area contributed by atoms with E-state index >= 15 is 0 Å². The molecule has 5 rings (SSSR count). The van der Waals surface area contributed by atoms with Crippen LogP contribution in [0.5, 0.6) is 5.75 Å². The van der Waals surface area contributed by atoms with Crippen LogP contribution < -0.4 is 26.4 Å². The fourth-order valence-electron chi connectivity index (χ4n) is 4.60. The molecule has 2 aromatic heterocycles. The third-order valence-electron chi connectivity index (χ3n) is 6.42. The predicted octanol–water partition coefficient (Wildman–Crippen LogP) is 2.81.